The fourth-order valence-corrected chi connectivity index (χ4v) is 4.87. The maximum absolute atomic E-state index is 12.3. The summed E-state index contributed by atoms with van der Waals surface area (Å²) < 4.78 is 11.6. The molecule has 0 bridgehead atoms. The summed E-state index contributed by atoms with van der Waals surface area (Å²) in [4.78, 5) is 36.2. The average molecular weight is 593 g/mol. The summed E-state index contributed by atoms with van der Waals surface area (Å²) in [6.45, 7) is 16.8. The molecule has 0 radical (unpaired) electrons. The first-order chi connectivity index (χ1) is 18.9. The molecule has 2 fully saturated rings. The lowest BCUT2D eigenvalue weighted by Crippen LogP contribution is -2.31. The van der Waals surface area contributed by atoms with Crippen molar-refractivity contribution in [2.24, 2.45) is 0 Å². The zero-order valence-electron chi connectivity index (χ0n) is 25.2. The lowest BCUT2D eigenvalue weighted by Gasteiger charge is -2.31. The summed E-state index contributed by atoms with van der Waals surface area (Å²) in [5.41, 5.74) is 3.15. The van der Waals surface area contributed by atoms with Gasteiger partial charge in [-0.25, -0.2) is 5.26 Å². The van der Waals surface area contributed by atoms with Crippen LogP contribution in [0.15, 0.2) is 36.4 Å². The molecule has 2 heterocycles. The van der Waals surface area contributed by atoms with Gasteiger partial charge in [0, 0.05) is 36.6 Å². The Kier molecular flexibility index (Phi) is 11.5. The zero-order chi connectivity index (χ0) is 31.3. The molecule has 10 nitrogen and oxygen atoms in total. The number of phenols is 2. The molecular weight excluding hydrogens is 547 g/mol. The maximum atomic E-state index is 12.3. The van der Waals surface area contributed by atoms with Crippen molar-refractivity contribution in [1.29, 1.82) is 0 Å². The highest BCUT2D eigenvalue weighted by atomic mass is 31.1. The van der Waals surface area contributed by atoms with E-state index in [0.717, 1.165) is 24.0 Å². The molecule has 2 aliphatic rings. The molecule has 3 N–H and O–H groups in total. The first-order valence-corrected chi connectivity index (χ1v) is 14.8. The Labute approximate surface area is 244 Å². The Bertz CT molecular complexity index is 1260. The third-order valence-electron chi connectivity index (χ3n) is 7.20. The average Bonchev–Trinajstić information content (AvgIpc) is 3.38. The van der Waals surface area contributed by atoms with Gasteiger partial charge < -0.3 is 24.9 Å². The van der Waals surface area contributed by atoms with E-state index >= 15 is 0 Å². The van der Waals surface area contributed by atoms with E-state index in [1.807, 2.05) is 26.0 Å². The van der Waals surface area contributed by atoms with Gasteiger partial charge in [0.15, 0.2) is 0 Å². The monoisotopic (exact) mass is 592 g/mol. The number of phenolic OH excluding ortho intramolecular Hbond substituents is 2. The van der Waals surface area contributed by atoms with E-state index in [4.69, 9.17) is 14.7 Å². The molecular formula is C30H45N2O8P. The van der Waals surface area contributed by atoms with E-state index in [1.165, 1.54) is 0 Å². The highest BCUT2D eigenvalue weighted by molar-refractivity contribution is 7.30. The molecule has 0 aliphatic carbocycles. The quantitative estimate of drug-likeness (QED) is 0.218. The second-order valence-electron chi connectivity index (χ2n) is 12.5. The summed E-state index contributed by atoms with van der Waals surface area (Å²) in [6, 6.07) is 11.4. The van der Waals surface area contributed by atoms with E-state index in [2.05, 4.69) is 52.3 Å². The highest BCUT2D eigenvalue weighted by Gasteiger charge is 2.34. The van der Waals surface area contributed by atoms with Crippen molar-refractivity contribution in [2.45, 2.75) is 104 Å². The number of carbonyl (C=O) groups is 2. The molecule has 3 atom stereocenters. The number of amides is 2. The Hall–Kier alpha value is -3.04. The number of hydrogen-bond acceptors (Lipinski definition) is 8. The Morgan fingerprint density at radius 1 is 0.878 bits per heavy atom. The highest BCUT2D eigenvalue weighted by Crippen LogP contribution is 2.44. The van der Waals surface area contributed by atoms with E-state index < -0.39 is 8.25 Å². The molecule has 0 spiro atoms. The fourth-order valence-electron chi connectivity index (χ4n) is 4.87. The second kappa shape index (κ2) is 13.7. The van der Waals surface area contributed by atoms with Crippen LogP contribution in [0.5, 0.6) is 11.5 Å². The van der Waals surface area contributed by atoms with Crippen molar-refractivity contribution >= 4 is 31.4 Å². The van der Waals surface area contributed by atoms with Crippen LogP contribution >= 0.6 is 8.25 Å². The molecule has 0 saturated carbocycles. The number of aromatic hydroxyl groups is 2. The molecule has 2 aromatic carbocycles. The summed E-state index contributed by atoms with van der Waals surface area (Å²) in [6.07, 6.45) is 2.86. The lowest BCUT2D eigenvalue weighted by molar-refractivity contribution is -0.244. The molecule has 2 amide bonds. The van der Waals surface area contributed by atoms with Gasteiger partial charge >= 0.3 is 8.25 Å². The predicted molar refractivity (Wildman–Crippen MR) is 159 cm³/mol. The van der Waals surface area contributed by atoms with Crippen LogP contribution in [0.1, 0.15) is 93.6 Å². The van der Waals surface area contributed by atoms with Gasteiger partial charge in [-0.3, -0.25) is 9.59 Å². The maximum Gasteiger partial charge on any atom is 0.521 e. The third kappa shape index (κ3) is 8.72. The molecule has 41 heavy (non-hydrogen) atoms. The predicted octanol–water partition coefficient (Wildman–Crippen LogP) is 6.15. The lowest BCUT2D eigenvalue weighted by atomic mass is 9.79. The van der Waals surface area contributed by atoms with Crippen LogP contribution in [0.3, 0.4) is 0 Å². The normalized spacial score (nSPS) is 19.4. The van der Waals surface area contributed by atoms with Gasteiger partial charge in [0.25, 0.3) is 0 Å². The van der Waals surface area contributed by atoms with Crippen LogP contribution in [-0.2, 0) is 29.7 Å². The number of hydrogen-bond donors (Lipinski definition) is 3. The van der Waals surface area contributed by atoms with Gasteiger partial charge in [0.2, 0.25) is 11.8 Å². The minimum atomic E-state index is -3.04. The van der Waals surface area contributed by atoms with E-state index in [1.54, 1.807) is 28.0 Å². The fraction of sp³-hybridized carbons (Fsp3) is 0.533. The zero-order valence-corrected chi connectivity index (χ0v) is 26.1. The van der Waals surface area contributed by atoms with Gasteiger partial charge in [-0.05, 0) is 65.8 Å². The largest absolute Gasteiger partial charge is 0.565 e. The molecule has 2 aromatic rings. The molecule has 2 aliphatic heterocycles. The van der Waals surface area contributed by atoms with Gasteiger partial charge in [0.05, 0.1) is 11.4 Å². The number of anilines is 2. The number of para-hydroxylation sites is 2. The summed E-state index contributed by atoms with van der Waals surface area (Å²) >= 11 is 0. The van der Waals surface area contributed by atoms with Gasteiger partial charge in [0.1, 0.15) is 11.5 Å². The van der Waals surface area contributed by atoms with E-state index in [9.17, 15) is 19.8 Å². The number of nitrogens with zero attached hydrogens (tertiary/aromatic N) is 2. The van der Waals surface area contributed by atoms with Crippen LogP contribution in [-0.4, -0.2) is 39.4 Å². The topological polar surface area (TPSA) is 151 Å². The van der Waals surface area contributed by atoms with E-state index in [-0.39, 0.29) is 47.7 Å². The standard InChI is InChI=1S/C19H29NO2.C11H13NO2.HO4P.H2/c1-12-8-9-16(21)20(12)15-11-13(18(2,3)4)10-14(17(15)22)19(5,6)7;1-8-6-7-11(14)12(8)9-4-2-3-5-10(9)13;1-4-5(2)3;/h10-12,22H,8-9H2,1-7H3;2-5,8,13H,6-7H2,1H3;1H;1H. The SMILES string of the molecule is CC1CCC(=O)N1c1cc(C(C)(C)C)cc(C(C)(C)C)c1O.CC1CCC(=O)N1c1ccccc1O.O=[P+]([O-])OO.[HH]. The minimum Gasteiger partial charge on any atom is -0.565 e. The Morgan fingerprint density at radius 3 is 1.71 bits per heavy atom. The number of carbonyl (C=O) groups excluding carboxylic acids is 2. The van der Waals surface area contributed by atoms with Crippen LogP contribution in [0.2, 0.25) is 0 Å². The molecule has 2 saturated heterocycles. The second-order valence-corrected chi connectivity index (χ2v) is 13.1. The number of rotatable bonds is 3. The summed E-state index contributed by atoms with van der Waals surface area (Å²) in [7, 11) is -3.04. The van der Waals surface area contributed by atoms with Crippen molar-refractivity contribution in [3.05, 3.63) is 47.5 Å². The van der Waals surface area contributed by atoms with Crippen molar-refractivity contribution < 1.29 is 40.6 Å². The van der Waals surface area contributed by atoms with Gasteiger partial charge in [-0.15, -0.1) is 0 Å². The Balaban J connectivity index is 0.000000377. The van der Waals surface area contributed by atoms with Crippen molar-refractivity contribution in [3.8, 4) is 11.5 Å². The first-order valence-electron chi connectivity index (χ1n) is 13.7. The van der Waals surface area contributed by atoms with Crippen molar-refractivity contribution in [2.75, 3.05) is 9.80 Å². The third-order valence-corrected chi connectivity index (χ3v) is 7.34. The molecule has 0 aromatic heterocycles. The first kappa shape index (κ1) is 34.2. The van der Waals surface area contributed by atoms with Crippen molar-refractivity contribution in [3.63, 3.8) is 0 Å². The molecule has 3 unspecified atom stereocenters. The van der Waals surface area contributed by atoms with Gasteiger partial charge in [-0.2, -0.15) is 0 Å². The molecule has 4 rings (SSSR count). The van der Waals surface area contributed by atoms with Crippen LogP contribution in [0, 0.1) is 0 Å². The van der Waals surface area contributed by atoms with Crippen LogP contribution in [0.25, 0.3) is 0 Å². The summed E-state index contributed by atoms with van der Waals surface area (Å²) in [5.74, 6) is 0.630. The van der Waals surface area contributed by atoms with Gasteiger partial charge in [-0.1, -0.05) is 59.7 Å². The van der Waals surface area contributed by atoms with Crippen molar-refractivity contribution in [1.82, 2.24) is 0 Å². The van der Waals surface area contributed by atoms with Crippen LogP contribution in [0.4, 0.5) is 11.4 Å². The molecule has 228 valence electrons. The Morgan fingerprint density at radius 2 is 1.34 bits per heavy atom. The number of benzene rings is 2. The smallest absolute Gasteiger partial charge is 0.521 e. The van der Waals surface area contributed by atoms with E-state index in [0.29, 0.717) is 24.2 Å². The molecule has 11 heteroatoms. The minimum absolute atomic E-state index is 0. The van der Waals surface area contributed by atoms with Crippen LogP contribution < -0.4 is 14.7 Å². The summed E-state index contributed by atoms with van der Waals surface area (Å²) in [5, 5.41) is 27.5.